The predicted molar refractivity (Wildman–Crippen MR) is 72.7 cm³/mol. The first kappa shape index (κ1) is 13.1. The van der Waals surface area contributed by atoms with Crippen molar-refractivity contribution < 1.29 is 5.21 Å². The van der Waals surface area contributed by atoms with Crippen molar-refractivity contribution in [2.24, 2.45) is 10.9 Å². The number of oxime groups is 1. The van der Waals surface area contributed by atoms with Gasteiger partial charge in [0.15, 0.2) is 10.2 Å². The Morgan fingerprint density at radius 3 is 2.89 bits per heavy atom. The first-order valence-electron chi connectivity index (χ1n) is 4.86. The van der Waals surface area contributed by atoms with Gasteiger partial charge in [0.05, 0.1) is 5.02 Å². The summed E-state index contributed by atoms with van der Waals surface area (Å²) in [5, 5.41) is 11.9. The molecule has 0 aliphatic carbocycles. The van der Waals surface area contributed by atoms with Crippen LogP contribution in [0.2, 0.25) is 5.02 Å². The molecule has 18 heavy (non-hydrogen) atoms. The molecule has 0 saturated heterocycles. The van der Waals surface area contributed by atoms with Crippen molar-refractivity contribution in [2.75, 3.05) is 0 Å². The van der Waals surface area contributed by atoms with Crippen LogP contribution < -0.4 is 5.73 Å². The molecular weight excluding hydrogens is 292 g/mol. The molecule has 3 N–H and O–H groups in total. The van der Waals surface area contributed by atoms with E-state index in [4.69, 9.17) is 22.5 Å². The van der Waals surface area contributed by atoms with Crippen LogP contribution in [0, 0.1) is 6.92 Å². The number of amidine groups is 1. The number of nitrogens with zero attached hydrogens (tertiary/aromatic N) is 3. The summed E-state index contributed by atoms with van der Waals surface area (Å²) in [4.78, 5) is 5.17. The molecule has 0 saturated carbocycles. The van der Waals surface area contributed by atoms with Crippen molar-refractivity contribution in [2.45, 2.75) is 16.2 Å². The third-order valence-electron chi connectivity index (χ3n) is 2.04. The Kier molecular flexibility index (Phi) is 4.05. The molecule has 5 nitrogen and oxygen atoms in total. The highest BCUT2D eigenvalue weighted by atomic mass is 35.5. The third kappa shape index (κ3) is 2.92. The van der Waals surface area contributed by atoms with Crippen LogP contribution in [0.4, 0.5) is 0 Å². The average molecular weight is 301 g/mol. The lowest BCUT2D eigenvalue weighted by molar-refractivity contribution is 0.318. The summed E-state index contributed by atoms with van der Waals surface area (Å²) in [7, 11) is 0. The number of halogens is 1. The summed E-state index contributed by atoms with van der Waals surface area (Å²) in [6, 6.07) is 5.28. The highest BCUT2D eigenvalue weighted by Gasteiger charge is 2.08. The lowest BCUT2D eigenvalue weighted by Gasteiger charge is -2.04. The van der Waals surface area contributed by atoms with E-state index in [-0.39, 0.29) is 5.84 Å². The molecule has 1 heterocycles. The maximum absolute atomic E-state index is 8.60. The highest BCUT2D eigenvalue weighted by molar-refractivity contribution is 8.01. The molecular formula is C10H9ClN4OS2. The molecule has 0 spiro atoms. The maximum atomic E-state index is 8.60. The van der Waals surface area contributed by atoms with Crippen molar-refractivity contribution in [3.8, 4) is 0 Å². The van der Waals surface area contributed by atoms with Crippen molar-refractivity contribution in [1.82, 2.24) is 9.36 Å². The molecule has 0 amide bonds. The summed E-state index contributed by atoms with van der Waals surface area (Å²) >= 11 is 8.86. The van der Waals surface area contributed by atoms with Crippen LogP contribution >= 0.6 is 34.9 Å². The van der Waals surface area contributed by atoms with E-state index in [1.54, 1.807) is 12.1 Å². The Bertz CT molecular complexity index is 599. The second kappa shape index (κ2) is 5.55. The van der Waals surface area contributed by atoms with Crippen LogP contribution in [0.15, 0.2) is 32.6 Å². The van der Waals surface area contributed by atoms with Crippen LogP contribution in [-0.4, -0.2) is 20.4 Å². The molecule has 0 atom stereocenters. The SMILES string of the molecule is Cc1nsc(Sc2ccc(C(N)=NO)c(Cl)c2)n1. The molecule has 0 radical (unpaired) electrons. The van der Waals surface area contributed by atoms with Crippen LogP contribution in [0.3, 0.4) is 0 Å². The molecule has 94 valence electrons. The average Bonchev–Trinajstić information content (AvgIpc) is 2.74. The fourth-order valence-corrected chi connectivity index (χ4v) is 3.25. The van der Waals surface area contributed by atoms with Gasteiger partial charge in [-0.25, -0.2) is 4.98 Å². The van der Waals surface area contributed by atoms with Crippen molar-refractivity contribution in [1.29, 1.82) is 0 Å². The van der Waals surface area contributed by atoms with E-state index in [0.717, 1.165) is 15.1 Å². The number of aromatic nitrogens is 2. The van der Waals surface area contributed by atoms with Crippen molar-refractivity contribution in [3.05, 3.63) is 34.6 Å². The highest BCUT2D eigenvalue weighted by Crippen LogP contribution is 2.31. The van der Waals surface area contributed by atoms with Gasteiger partial charge in [-0.15, -0.1) is 0 Å². The number of hydrogen-bond donors (Lipinski definition) is 2. The minimum absolute atomic E-state index is 0.0108. The van der Waals surface area contributed by atoms with Crippen molar-refractivity contribution in [3.63, 3.8) is 0 Å². The van der Waals surface area contributed by atoms with E-state index in [2.05, 4.69) is 14.5 Å². The van der Waals surface area contributed by atoms with E-state index in [0.29, 0.717) is 10.6 Å². The van der Waals surface area contributed by atoms with Gasteiger partial charge in [-0.3, -0.25) is 0 Å². The molecule has 0 unspecified atom stereocenters. The molecule has 8 heteroatoms. The Hall–Kier alpha value is -1.31. The standard InChI is InChI=1S/C10H9ClN4OS2/c1-5-13-10(18-15-5)17-6-2-3-7(8(11)4-6)9(12)14-16/h2-4,16H,1H3,(H2,12,14). The summed E-state index contributed by atoms with van der Waals surface area (Å²) in [6.45, 7) is 1.84. The summed E-state index contributed by atoms with van der Waals surface area (Å²) in [5.74, 6) is 0.741. The normalized spacial score (nSPS) is 11.8. The van der Waals surface area contributed by atoms with E-state index in [9.17, 15) is 0 Å². The number of benzene rings is 1. The fourth-order valence-electron chi connectivity index (χ4n) is 1.24. The van der Waals surface area contributed by atoms with Crippen LogP contribution in [0.5, 0.6) is 0 Å². The van der Waals surface area contributed by atoms with Gasteiger partial charge in [-0.05, 0) is 36.7 Å². The number of hydrogen-bond acceptors (Lipinski definition) is 6. The zero-order valence-corrected chi connectivity index (χ0v) is 11.7. The zero-order chi connectivity index (χ0) is 13.1. The van der Waals surface area contributed by atoms with Gasteiger partial charge < -0.3 is 10.9 Å². The van der Waals surface area contributed by atoms with E-state index >= 15 is 0 Å². The van der Waals surface area contributed by atoms with E-state index in [1.165, 1.54) is 23.3 Å². The molecule has 0 aliphatic rings. The Balaban J connectivity index is 2.24. The second-order valence-electron chi connectivity index (χ2n) is 3.34. The first-order chi connectivity index (χ1) is 8.60. The summed E-state index contributed by atoms with van der Waals surface area (Å²) in [6.07, 6.45) is 0. The Morgan fingerprint density at radius 2 is 2.33 bits per heavy atom. The lowest BCUT2D eigenvalue weighted by Crippen LogP contribution is -2.13. The molecule has 2 rings (SSSR count). The monoisotopic (exact) mass is 300 g/mol. The van der Waals surface area contributed by atoms with Crippen molar-refractivity contribution >= 4 is 40.7 Å². The van der Waals surface area contributed by atoms with Crippen LogP contribution in [0.1, 0.15) is 11.4 Å². The summed E-state index contributed by atoms with van der Waals surface area (Å²) in [5.41, 5.74) is 5.99. The smallest absolute Gasteiger partial charge is 0.174 e. The summed E-state index contributed by atoms with van der Waals surface area (Å²) < 4.78 is 4.95. The van der Waals surface area contributed by atoms with E-state index in [1.807, 2.05) is 13.0 Å². The Morgan fingerprint density at radius 1 is 1.56 bits per heavy atom. The molecule has 1 aromatic carbocycles. The first-order valence-corrected chi connectivity index (χ1v) is 6.82. The third-order valence-corrected chi connectivity index (χ3v) is 4.18. The topological polar surface area (TPSA) is 84.4 Å². The van der Waals surface area contributed by atoms with Gasteiger partial charge in [0.25, 0.3) is 0 Å². The fraction of sp³-hybridized carbons (Fsp3) is 0.100. The molecule has 0 fully saturated rings. The zero-order valence-electron chi connectivity index (χ0n) is 9.29. The number of nitrogens with two attached hydrogens (primary N) is 1. The van der Waals surface area contributed by atoms with Gasteiger partial charge in [0, 0.05) is 10.5 Å². The van der Waals surface area contributed by atoms with Gasteiger partial charge in [-0.1, -0.05) is 28.5 Å². The lowest BCUT2D eigenvalue weighted by atomic mass is 10.2. The molecule has 0 bridgehead atoms. The minimum atomic E-state index is -0.0108. The van der Waals surface area contributed by atoms with Gasteiger partial charge in [0.1, 0.15) is 5.82 Å². The molecule has 2 aromatic rings. The quantitative estimate of drug-likeness (QED) is 0.394. The van der Waals surface area contributed by atoms with Gasteiger partial charge >= 0.3 is 0 Å². The molecule has 1 aromatic heterocycles. The van der Waals surface area contributed by atoms with Crippen LogP contribution in [0.25, 0.3) is 0 Å². The minimum Gasteiger partial charge on any atom is -0.409 e. The largest absolute Gasteiger partial charge is 0.409 e. The second-order valence-corrected chi connectivity index (χ2v) is 5.82. The van der Waals surface area contributed by atoms with Gasteiger partial charge in [0.2, 0.25) is 0 Å². The number of aryl methyl sites for hydroxylation is 1. The maximum Gasteiger partial charge on any atom is 0.174 e. The Labute approximate surface area is 117 Å². The predicted octanol–water partition coefficient (Wildman–Crippen LogP) is 2.75. The van der Waals surface area contributed by atoms with Crippen LogP contribution in [-0.2, 0) is 0 Å². The number of rotatable bonds is 3. The van der Waals surface area contributed by atoms with E-state index < -0.39 is 0 Å². The molecule has 0 aliphatic heterocycles. The van der Waals surface area contributed by atoms with Gasteiger partial charge in [-0.2, -0.15) is 4.37 Å².